The summed E-state index contributed by atoms with van der Waals surface area (Å²) in [5.74, 6) is -1.62. The molecule has 1 aliphatic rings. The Kier molecular flexibility index (Phi) is 2.17. The van der Waals surface area contributed by atoms with E-state index < -0.39 is 10.8 Å². The topological polar surface area (TPSA) is 78.6 Å². The van der Waals surface area contributed by atoms with Gasteiger partial charge in [-0.15, -0.1) is 0 Å². The summed E-state index contributed by atoms with van der Waals surface area (Å²) in [5, 5.41) is 23.0. The van der Waals surface area contributed by atoms with Crippen LogP contribution in [0.4, 0.5) is 0 Å². The van der Waals surface area contributed by atoms with Gasteiger partial charge in [0.15, 0.2) is 0 Å². The van der Waals surface area contributed by atoms with E-state index in [0.29, 0.717) is 0 Å². The molecule has 0 saturated heterocycles. The van der Waals surface area contributed by atoms with Crippen LogP contribution >= 0.6 is 0 Å². The number of hydrogen-bond donors (Lipinski definition) is 2. The molecule has 6 heteroatoms. The molecule has 1 atom stereocenters. The molecular weight excluding hydrogens is 174 g/mol. The second-order valence-corrected chi connectivity index (χ2v) is 3.34. The molecule has 2 N–H and O–H groups in total. The molecule has 1 aliphatic heterocycles. The van der Waals surface area contributed by atoms with Crippen molar-refractivity contribution in [3.05, 3.63) is 22.1 Å². The molecule has 0 aromatic carbocycles. The van der Waals surface area contributed by atoms with E-state index in [1.807, 2.05) is 0 Å². The summed E-state index contributed by atoms with van der Waals surface area (Å²) >= 11 is 0. The average Bonchev–Trinajstić information content (AvgIpc) is 2.30. The van der Waals surface area contributed by atoms with Crippen molar-refractivity contribution >= 4 is 0 Å². The summed E-state index contributed by atoms with van der Waals surface area (Å²) in [6.07, 6.45) is 1.21. The predicted molar refractivity (Wildman–Crippen MR) is 45.8 cm³/mol. The van der Waals surface area contributed by atoms with Crippen molar-refractivity contribution in [1.82, 2.24) is 10.2 Å². The van der Waals surface area contributed by atoms with E-state index in [1.165, 1.54) is 18.1 Å². The molecule has 1 unspecified atom stereocenters. The van der Waals surface area contributed by atoms with Gasteiger partial charge in [-0.3, -0.25) is 0 Å². The van der Waals surface area contributed by atoms with E-state index in [9.17, 15) is 15.2 Å². The highest BCUT2D eigenvalue weighted by Crippen LogP contribution is 2.26. The minimum Gasteiger partial charge on any atom is -0.358 e. The smallest absolute Gasteiger partial charge is 0.337 e. The lowest BCUT2D eigenvalue weighted by atomic mass is 10.1. The largest absolute Gasteiger partial charge is 0.358 e. The Morgan fingerprint density at radius 3 is 2.54 bits per heavy atom. The Balaban J connectivity index is 2.88. The normalized spacial score (nSPS) is 27.5. The van der Waals surface area contributed by atoms with Gasteiger partial charge < -0.3 is 20.5 Å². The van der Waals surface area contributed by atoms with Crippen LogP contribution in [0.5, 0.6) is 0 Å². The van der Waals surface area contributed by atoms with Crippen molar-refractivity contribution in [3.63, 3.8) is 0 Å². The zero-order valence-electron chi connectivity index (χ0n) is 7.81. The number of nitro groups is 1. The lowest BCUT2D eigenvalue weighted by Gasteiger charge is -2.30. The quantitative estimate of drug-likeness (QED) is 0.466. The predicted octanol–water partition coefficient (Wildman–Crippen LogP) is -0.101. The first kappa shape index (κ1) is 9.79. The number of nitrogens with zero attached hydrogens (tertiary/aromatic N) is 2. The van der Waals surface area contributed by atoms with Crippen LogP contribution < -0.4 is 5.32 Å². The molecule has 0 saturated carbocycles. The van der Waals surface area contributed by atoms with Gasteiger partial charge in [-0.25, -0.2) is 4.90 Å². The molecule has 0 aliphatic carbocycles. The van der Waals surface area contributed by atoms with Crippen LogP contribution in [-0.2, 0) is 0 Å². The third-order valence-corrected chi connectivity index (χ3v) is 2.26. The molecule has 0 amide bonds. The van der Waals surface area contributed by atoms with Gasteiger partial charge in [-0.1, -0.05) is 13.8 Å². The standard InChI is InChI=1S/C7H13N3O3/c1-5(2)7(11)8-4-6(9(7)3)10(12)13/h4-5,8,11H,1-3H3. The Morgan fingerprint density at radius 2 is 2.31 bits per heavy atom. The van der Waals surface area contributed by atoms with E-state index in [0.717, 1.165) is 0 Å². The van der Waals surface area contributed by atoms with Crippen molar-refractivity contribution in [1.29, 1.82) is 0 Å². The van der Waals surface area contributed by atoms with Crippen LogP contribution in [0, 0.1) is 16.0 Å². The Bertz CT molecular complexity index is 264. The van der Waals surface area contributed by atoms with E-state index in [-0.39, 0.29) is 11.7 Å². The fraction of sp³-hybridized carbons (Fsp3) is 0.714. The fourth-order valence-electron chi connectivity index (χ4n) is 1.27. The first-order valence-electron chi connectivity index (χ1n) is 3.98. The van der Waals surface area contributed by atoms with E-state index >= 15 is 0 Å². The Labute approximate surface area is 76.0 Å². The van der Waals surface area contributed by atoms with Crippen molar-refractivity contribution < 1.29 is 10.0 Å². The molecule has 0 fully saturated rings. The summed E-state index contributed by atoms with van der Waals surface area (Å²) in [7, 11) is 1.48. The summed E-state index contributed by atoms with van der Waals surface area (Å²) in [5.41, 5.74) is 0. The Hall–Kier alpha value is -1.30. The SMILES string of the molecule is CC(C)C1(O)NC=C([N+](=O)[O-])N1C. The number of nitrogens with one attached hydrogen (secondary N) is 1. The number of hydrogen-bond acceptors (Lipinski definition) is 5. The molecule has 0 aromatic rings. The van der Waals surface area contributed by atoms with Crippen LogP contribution in [0.15, 0.2) is 12.0 Å². The number of rotatable bonds is 2. The highest BCUT2D eigenvalue weighted by Gasteiger charge is 2.47. The second kappa shape index (κ2) is 2.88. The van der Waals surface area contributed by atoms with Crippen molar-refractivity contribution in [2.75, 3.05) is 7.05 Å². The summed E-state index contributed by atoms with van der Waals surface area (Å²) in [6, 6.07) is 0. The van der Waals surface area contributed by atoms with E-state index in [1.54, 1.807) is 13.8 Å². The average molecular weight is 187 g/mol. The molecule has 0 spiro atoms. The summed E-state index contributed by atoms with van der Waals surface area (Å²) in [4.78, 5) is 11.2. The second-order valence-electron chi connectivity index (χ2n) is 3.34. The first-order chi connectivity index (χ1) is 5.89. The maximum Gasteiger partial charge on any atom is 0.337 e. The summed E-state index contributed by atoms with van der Waals surface area (Å²) < 4.78 is 0. The monoisotopic (exact) mass is 187 g/mol. The van der Waals surface area contributed by atoms with Crippen molar-refractivity contribution in [2.45, 2.75) is 19.7 Å². The molecule has 74 valence electrons. The van der Waals surface area contributed by atoms with Crippen LogP contribution in [0.3, 0.4) is 0 Å². The van der Waals surface area contributed by atoms with Gasteiger partial charge >= 0.3 is 5.82 Å². The lowest BCUT2D eigenvalue weighted by Crippen LogP contribution is -2.55. The zero-order chi connectivity index (χ0) is 10.2. The molecule has 0 bridgehead atoms. The molecule has 13 heavy (non-hydrogen) atoms. The molecule has 0 aromatic heterocycles. The maximum absolute atomic E-state index is 10.5. The zero-order valence-corrected chi connectivity index (χ0v) is 7.81. The van der Waals surface area contributed by atoms with Gasteiger partial charge in [-0.05, 0) is 4.92 Å². The molecule has 1 heterocycles. The van der Waals surface area contributed by atoms with Crippen LogP contribution in [0.2, 0.25) is 0 Å². The highest BCUT2D eigenvalue weighted by molar-refractivity contribution is 5.04. The highest BCUT2D eigenvalue weighted by atomic mass is 16.6. The Morgan fingerprint density at radius 1 is 1.77 bits per heavy atom. The van der Waals surface area contributed by atoms with Crippen molar-refractivity contribution in [2.24, 2.45) is 5.92 Å². The van der Waals surface area contributed by atoms with Gasteiger partial charge in [0, 0.05) is 5.92 Å². The first-order valence-corrected chi connectivity index (χ1v) is 3.98. The third-order valence-electron chi connectivity index (χ3n) is 2.26. The fourth-order valence-corrected chi connectivity index (χ4v) is 1.27. The molecular formula is C7H13N3O3. The minimum atomic E-state index is -1.34. The van der Waals surface area contributed by atoms with Crippen LogP contribution in [-0.4, -0.2) is 27.8 Å². The molecule has 0 radical (unpaired) electrons. The molecule has 6 nitrogen and oxygen atoms in total. The molecule has 1 rings (SSSR count). The minimum absolute atomic E-state index is 0.129. The van der Waals surface area contributed by atoms with Crippen molar-refractivity contribution in [3.8, 4) is 0 Å². The van der Waals surface area contributed by atoms with Crippen LogP contribution in [0.25, 0.3) is 0 Å². The summed E-state index contributed by atoms with van der Waals surface area (Å²) in [6.45, 7) is 3.56. The van der Waals surface area contributed by atoms with Gasteiger partial charge in [-0.2, -0.15) is 0 Å². The van der Waals surface area contributed by atoms with Crippen LogP contribution in [0.1, 0.15) is 13.8 Å². The number of aliphatic hydroxyl groups is 1. The van der Waals surface area contributed by atoms with E-state index in [4.69, 9.17) is 0 Å². The van der Waals surface area contributed by atoms with E-state index in [2.05, 4.69) is 5.32 Å². The van der Waals surface area contributed by atoms with Gasteiger partial charge in [0.25, 0.3) is 5.85 Å². The van der Waals surface area contributed by atoms with Gasteiger partial charge in [0.05, 0.1) is 13.2 Å². The lowest BCUT2D eigenvalue weighted by molar-refractivity contribution is -0.451. The van der Waals surface area contributed by atoms with Gasteiger partial charge in [0.1, 0.15) is 0 Å². The van der Waals surface area contributed by atoms with Gasteiger partial charge in [0.2, 0.25) is 0 Å². The third kappa shape index (κ3) is 1.33. The maximum atomic E-state index is 10.5.